The van der Waals surface area contributed by atoms with Gasteiger partial charge in [0.05, 0.1) is 17.4 Å². The van der Waals surface area contributed by atoms with Crippen molar-refractivity contribution in [3.63, 3.8) is 0 Å². The van der Waals surface area contributed by atoms with E-state index in [1.54, 1.807) is 6.07 Å². The number of nitrogens with one attached hydrogen (secondary N) is 1. The second-order valence-electron chi connectivity index (χ2n) is 5.50. The zero-order chi connectivity index (χ0) is 14.0. The highest BCUT2D eigenvalue weighted by Gasteiger charge is 2.33. The maximum atomic E-state index is 12.2. The summed E-state index contributed by atoms with van der Waals surface area (Å²) < 4.78 is 0. The molecule has 1 fully saturated rings. The molecule has 19 heavy (non-hydrogen) atoms. The van der Waals surface area contributed by atoms with Crippen molar-refractivity contribution in [1.82, 2.24) is 4.90 Å². The summed E-state index contributed by atoms with van der Waals surface area (Å²) >= 11 is 0. The van der Waals surface area contributed by atoms with E-state index in [0.717, 1.165) is 5.92 Å². The predicted octanol–water partition coefficient (Wildman–Crippen LogP) is 2.33. The lowest BCUT2D eigenvalue weighted by molar-refractivity contribution is -0.121. The molecule has 2 rings (SSSR count). The van der Waals surface area contributed by atoms with Crippen LogP contribution in [0.1, 0.15) is 26.7 Å². The second-order valence-corrected chi connectivity index (χ2v) is 5.50. The summed E-state index contributed by atoms with van der Waals surface area (Å²) in [5.41, 5.74) is 7.12. The third-order valence-electron chi connectivity index (χ3n) is 4.16. The lowest BCUT2D eigenvalue weighted by Gasteiger charge is -2.30. The van der Waals surface area contributed by atoms with E-state index in [0.29, 0.717) is 17.4 Å². The Morgan fingerprint density at radius 2 is 2.00 bits per heavy atom. The van der Waals surface area contributed by atoms with Crippen LogP contribution in [-0.4, -0.2) is 29.9 Å². The van der Waals surface area contributed by atoms with Crippen LogP contribution in [0.4, 0.5) is 11.4 Å². The van der Waals surface area contributed by atoms with Gasteiger partial charge in [0.15, 0.2) is 0 Å². The zero-order valence-corrected chi connectivity index (χ0v) is 11.9. The summed E-state index contributed by atoms with van der Waals surface area (Å²) in [4.78, 5) is 14.4. The van der Waals surface area contributed by atoms with Crippen LogP contribution in [-0.2, 0) is 4.79 Å². The van der Waals surface area contributed by atoms with Crippen molar-refractivity contribution in [3.05, 3.63) is 24.3 Å². The molecule has 1 amide bonds. The number of hydrogen-bond acceptors (Lipinski definition) is 3. The van der Waals surface area contributed by atoms with Crippen LogP contribution >= 0.6 is 0 Å². The molecular weight excluding hydrogens is 238 g/mol. The first-order valence-corrected chi connectivity index (χ1v) is 6.88. The first-order valence-electron chi connectivity index (χ1n) is 6.88. The fraction of sp³-hybridized carbons (Fsp3) is 0.533. The van der Waals surface area contributed by atoms with E-state index in [9.17, 15) is 4.79 Å². The van der Waals surface area contributed by atoms with E-state index in [2.05, 4.69) is 17.1 Å². The van der Waals surface area contributed by atoms with Crippen LogP contribution in [0.15, 0.2) is 24.3 Å². The van der Waals surface area contributed by atoms with Crippen molar-refractivity contribution in [2.75, 3.05) is 18.1 Å². The van der Waals surface area contributed by atoms with E-state index in [4.69, 9.17) is 5.73 Å². The Labute approximate surface area is 115 Å². The minimum absolute atomic E-state index is 0.00657. The van der Waals surface area contributed by atoms with Crippen LogP contribution < -0.4 is 11.1 Å². The first kappa shape index (κ1) is 13.9. The van der Waals surface area contributed by atoms with Gasteiger partial charge in [-0.2, -0.15) is 0 Å². The van der Waals surface area contributed by atoms with Crippen molar-refractivity contribution in [2.45, 2.75) is 38.8 Å². The smallest absolute Gasteiger partial charge is 0.241 e. The molecule has 2 unspecified atom stereocenters. The van der Waals surface area contributed by atoms with Gasteiger partial charge in [-0.05, 0) is 51.8 Å². The summed E-state index contributed by atoms with van der Waals surface area (Å²) in [6.07, 6.45) is 2.57. The average molecular weight is 261 g/mol. The van der Waals surface area contributed by atoms with Crippen LogP contribution in [0.25, 0.3) is 0 Å². The van der Waals surface area contributed by atoms with Crippen molar-refractivity contribution < 1.29 is 4.79 Å². The van der Waals surface area contributed by atoms with Gasteiger partial charge in [-0.1, -0.05) is 12.1 Å². The van der Waals surface area contributed by atoms with E-state index >= 15 is 0 Å². The van der Waals surface area contributed by atoms with Gasteiger partial charge >= 0.3 is 0 Å². The molecule has 1 aliphatic rings. The lowest BCUT2D eigenvalue weighted by atomic mass is 10.1. The molecule has 0 bridgehead atoms. The molecule has 0 saturated heterocycles. The van der Waals surface area contributed by atoms with Gasteiger partial charge in [0.25, 0.3) is 0 Å². The number of nitrogen functional groups attached to an aromatic ring is 1. The molecule has 2 atom stereocenters. The van der Waals surface area contributed by atoms with Gasteiger partial charge in [0.1, 0.15) is 0 Å². The Balaban J connectivity index is 1.97. The maximum Gasteiger partial charge on any atom is 0.241 e. The lowest BCUT2D eigenvalue weighted by Crippen LogP contribution is -2.45. The standard InChI is InChI=1S/C15H23N3O/c1-10(12-8-9-12)18(3)11(2)15(19)17-14-7-5-4-6-13(14)16/h4-7,10-12H,8-9,16H2,1-3H3,(H,17,19). The molecule has 4 heteroatoms. The van der Waals surface area contributed by atoms with E-state index in [1.807, 2.05) is 32.2 Å². The fourth-order valence-electron chi connectivity index (χ4n) is 2.30. The monoisotopic (exact) mass is 261 g/mol. The number of anilines is 2. The van der Waals surface area contributed by atoms with Gasteiger partial charge in [-0.3, -0.25) is 9.69 Å². The molecule has 0 heterocycles. The van der Waals surface area contributed by atoms with E-state index in [1.165, 1.54) is 12.8 Å². The number of benzene rings is 1. The van der Waals surface area contributed by atoms with E-state index < -0.39 is 0 Å². The molecule has 0 radical (unpaired) electrons. The molecule has 1 saturated carbocycles. The third kappa shape index (κ3) is 3.26. The number of nitrogens with two attached hydrogens (primary N) is 1. The highest BCUT2D eigenvalue weighted by molar-refractivity contribution is 5.97. The molecule has 1 aliphatic carbocycles. The Bertz CT molecular complexity index is 456. The average Bonchev–Trinajstić information content (AvgIpc) is 3.23. The van der Waals surface area contributed by atoms with Crippen LogP contribution in [0.5, 0.6) is 0 Å². The molecule has 1 aromatic rings. The largest absolute Gasteiger partial charge is 0.397 e. The maximum absolute atomic E-state index is 12.2. The highest BCUT2D eigenvalue weighted by atomic mass is 16.2. The molecule has 3 N–H and O–H groups in total. The molecule has 1 aromatic carbocycles. The van der Waals surface area contributed by atoms with Gasteiger partial charge < -0.3 is 11.1 Å². The SMILES string of the molecule is CC(C(=O)Nc1ccccc1N)N(C)C(C)C1CC1. The third-order valence-corrected chi connectivity index (χ3v) is 4.16. The van der Waals surface area contributed by atoms with Gasteiger partial charge in [-0.25, -0.2) is 0 Å². The summed E-state index contributed by atoms with van der Waals surface area (Å²) in [6.45, 7) is 4.13. The number of hydrogen-bond donors (Lipinski definition) is 2. The zero-order valence-electron chi connectivity index (χ0n) is 11.9. The van der Waals surface area contributed by atoms with Gasteiger partial charge in [0.2, 0.25) is 5.91 Å². The van der Waals surface area contributed by atoms with Crippen LogP contribution in [0, 0.1) is 5.92 Å². The quantitative estimate of drug-likeness (QED) is 0.800. The number of nitrogens with zero attached hydrogens (tertiary/aromatic N) is 1. The number of amides is 1. The fourth-order valence-corrected chi connectivity index (χ4v) is 2.30. The van der Waals surface area contributed by atoms with Crippen molar-refractivity contribution in [1.29, 1.82) is 0 Å². The number of carbonyl (C=O) groups excluding carboxylic acids is 1. The number of carbonyl (C=O) groups is 1. The van der Waals surface area contributed by atoms with E-state index in [-0.39, 0.29) is 11.9 Å². The minimum atomic E-state index is -0.157. The van der Waals surface area contributed by atoms with Gasteiger partial charge in [-0.15, -0.1) is 0 Å². The predicted molar refractivity (Wildman–Crippen MR) is 78.9 cm³/mol. The second kappa shape index (κ2) is 5.61. The number of para-hydroxylation sites is 2. The molecular formula is C15H23N3O. The Morgan fingerprint density at radius 1 is 1.37 bits per heavy atom. The van der Waals surface area contributed by atoms with Crippen molar-refractivity contribution in [3.8, 4) is 0 Å². The molecule has 0 aliphatic heterocycles. The summed E-state index contributed by atoms with van der Waals surface area (Å²) in [6, 6.07) is 7.63. The topological polar surface area (TPSA) is 58.4 Å². The molecule has 104 valence electrons. The highest BCUT2D eigenvalue weighted by Crippen LogP contribution is 2.35. The molecule has 4 nitrogen and oxygen atoms in total. The van der Waals surface area contributed by atoms with Crippen LogP contribution in [0.3, 0.4) is 0 Å². The summed E-state index contributed by atoms with van der Waals surface area (Å²) in [7, 11) is 2.02. The minimum Gasteiger partial charge on any atom is -0.397 e. The molecule has 0 aromatic heterocycles. The Hall–Kier alpha value is -1.55. The Kier molecular flexibility index (Phi) is 4.10. The van der Waals surface area contributed by atoms with Crippen molar-refractivity contribution in [2.24, 2.45) is 5.92 Å². The number of rotatable bonds is 5. The Morgan fingerprint density at radius 3 is 2.58 bits per heavy atom. The van der Waals surface area contributed by atoms with Gasteiger partial charge in [0, 0.05) is 6.04 Å². The number of likely N-dealkylation sites (N-methyl/N-ethyl adjacent to an activating group) is 1. The summed E-state index contributed by atoms with van der Waals surface area (Å²) in [5.74, 6) is 0.745. The van der Waals surface area contributed by atoms with Crippen LogP contribution in [0.2, 0.25) is 0 Å². The molecule has 0 spiro atoms. The first-order chi connectivity index (χ1) is 9.00. The van der Waals surface area contributed by atoms with Crippen molar-refractivity contribution >= 4 is 17.3 Å². The normalized spacial score (nSPS) is 18.1. The summed E-state index contributed by atoms with van der Waals surface area (Å²) in [5, 5.41) is 2.90.